The second-order valence-electron chi connectivity index (χ2n) is 5.01. The number of H-pyrrole nitrogens is 1. The minimum absolute atomic E-state index is 0.0638. The molecule has 0 atom stereocenters. The van der Waals surface area contributed by atoms with E-state index in [0.717, 1.165) is 10.9 Å². The highest BCUT2D eigenvalue weighted by molar-refractivity contribution is 6.16. The lowest BCUT2D eigenvalue weighted by molar-refractivity contribution is 0.104. The molecule has 0 spiro atoms. The molecule has 5 heteroatoms. The lowest BCUT2D eigenvalue weighted by Gasteiger charge is -2.08. The van der Waals surface area contributed by atoms with Crippen LogP contribution in [0.1, 0.15) is 15.9 Å². The number of benzene rings is 2. The molecule has 0 bridgehead atoms. The number of hydrogen-bond donors (Lipinski definition) is 1. The van der Waals surface area contributed by atoms with Crippen LogP contribution in [0, 0.1) is 0 Å². The standard InChI is InChI=1S/C18H17NO4/c1-21-12-6-4-11(5-7-12)18(20)14-10-19-15-9-17(23-3)16(22-2)8-13(14)15/h4-10,19H,1-3H3. The summed E-state index contributed by atoms with van der Waals surface area (Å²) in [6, 6.07) is 10.7. The van der Waals surface area contributed by atoms with Gasteiger partial charge >= 0.3 is 0 Å². The van der Waals surface area contributed by atoms with Crippen molar-refractivity contribution in [3.8, 4) is 17.2 Å². The summed E-state index contributed by atoms with van der Waals surface area (Å²) in [6.45, 7) is 0. The Kier molecular flexibility index (Phi) is 3.93. The highest BCUT2D eigenvalue weighted by Crippen LogP contribution is 2.34. The van der Waals surface area contributed by atoms with Crippen LogP contribution in [0.25, 0.3) is 10.9 Å². The van der Waals surface area contributed by atoms with Crippen LogP contribution in [0.4, 0.5) is 0 Å². The van der Waals surface area contributed by atoms with E-state index in [1.54, 1.807) is 57.9 Å². The van der Waals surface area contributed by atoms with E-state index in [1.165, 1.54) is 0 Å². The van der Waals surface area contributed by atoms with E-state index in [2.05, 4.69) is 4.98 Å². The molecule has 0 amide bonds. The molecule has 5 nitrogen and oxygen atoms in total. The van der Waals surface area contributed by atoms with Gasteiger partial charge in [-0.1, -0.05) is 0 Å². The molecule has 3 rings (SSSR count). The van der Waals surface area contributed by atoms with Crippen molar-refractivity contribution in [2.24, 2.45) is 0 Å². The molecule has 0 fully saturated rings. The quantitative estimate of drug-likeness (QED) is 0.733. The van der Waals surface area contributed by atoms with Crippen molar-refractivity contribution in [2.45, 2.75) is 0 Å². The zero-order valence-electron chi connectivity index (χ0n) is 13.2. The first-order valence-electron chi connectivity index (χ1n) is 7.09. The summed E-state index contributed by atoms with van der Waals surface area (Å²) in [7, 11) is 4.74. The fraction of sp³-hybridized carbons (Fsp3) is 0.167. The maximum absolute atomic E-state index is 12.7. The second kappa shape index (κ2) is 6.04. The number of nitrogens with one attached hydrogen (secondary N) is 1. The predicted molar refractivity (Wildman–Crippen MR) is 87.8 cm³/mol. The smallest absolute Gasteiger partial charge is 0.195 e. The number of fused-ring (bicyclic) bond motifs is 1. The zero-order valence-corrected chi connectivity index (χ0v) is 13.2. The molecule has 3 aromatic rings. The topological polar surface area (TPSA) is 60.6 Å². The summed E-state index contributed by atoms with van der Waals surface area (Å²) in [4.78, 5) is 15.8. The minimum atomic E-state index is -0.0638. The molecule has 1 heterocycles. The zero-order chi connectivity index (χ0) is 16.4. The van der Waals surface area contributed by atoms with Crippen LogP contribution in [0.3, 0.4) is 0 Å². The van der Waals surface area contributed by atoms with E-state index in [1.807, 2.05) is 6.07 Å². The number of ketones is 1. The molecule has 118 valence electrons. The van der Waals surface area contributed by atoms with Crippen molar-refractivity contribution < 1.29 is 19.0 Å². The molecule has 1 N–H and O–H groups in total. The summed E-state index contributed by atoms with van der Waals surface area (Å²) in [5.41, 5.74) is 2.01. The number of aromatic amines is 1. The number of methoxy groups -OCH3 is 3. The van der Waals surface area contributed by atoms with Crippen molar-refractivity contribution in [3.05, 3.63) is 53.7 Å². The van der Waals surface area contributed by atoms with E-state index in [0.29, 0.717) is 28.4 Å². The van der Waals surface area contributed by atoms with Crippen molar-refractivity contribution in [3.63, 3.8) is 0 Å². The maximum atomic E-state index is 12.7. The van der Waals surface area contributed by atoms with Gasteiger partial charge in [-0.3, -0.25) is 4.79 Å². The summed E-state index contributed by atoms with van der Waals surface area (Å²) >= 11 is 0. The number of hydrogen-bond acceptors (Lipinski definition) is 4. The Balaban J connectivity index is 2.06. The van der Waals surface area contributed by atoms with Gasteiger partial charge in [-0.05, 0) is 30.3 Å². The Labute approximate surface area is 133 Å². The van der Waals surface area contributed by atoms with E-state index >= 15 is 0 Å². The van der Waals surface area contributed by atoms with Gasteiger partial charge in [-0.2, -0.15) is 0 Å². The summed E-state index contributed by atoms with van der Waals surface area (Å²) < 4.78 is 15.7. The molecule has 0 radical (unpaired) electrons. The summed E-state index contributed by atoms with van der Waals surface area (Å²) in [5.74, 6) is 1.85. The third kappa shape index (κ3) is 2.61. The lowest BCUT2D eigenvalue weighted by atomic mass is 10.0. The number of carbonyl (C=O) groups excluding carboxylic acids is 1. The van der Waals surface area contributed by atoms with Crippen molar-refractivity contribution in [2.75, 3.05) is 21.3 Å². The summed E-state index contributed by atoms with van der Waals surface area (Å²) in [5, 5.41) is 0.795. The minimum Gasteiger partial charge on any atom is -0.497 e. The second-order valence-corrected chi connectivity index (χ2v) is 5.01. The van der Waals surface area contributed by atoms with Crippen molar-refractivity contribution >= 4 is 16.7 Å². The van der Waals surface area contributed by atoms with Gasteiger partial charge < -0.3 is 19.2 Å². The molecule has 0 aliphatic carbocycles. The third-order valence-electron chi connectivity index (χ3n) is 3.78. The molecule has 2 aromatic carbocycles. The Morgan fingerprint density at radius 1 is 0.913 bits per heavy atom. The van der Waals surface area contributed by atoms with Crippen molar-refractivity contribution in [1.82, 2.24) is 4.98 Å². The number of rotatable bonds is 5. The Morgan fingerprint density at radius 3 is 2.17 bits per heavy atom. The highest BCUT2D eigenvalue weighted by atomic mass is 16.5. The van der Waals surface area contributed by atoms with E-state index in [-0.39, 0.29) is 5.78 Å². The molecule has 0 aliphatic heterocycles. The lowest BCUT2D eigenvalue weighted by Crippen LogP contribution is -2.00. The van der Waals surface area contributed by atoms with Gasteiger partial charge in [0.15, 0.2) is 17.3 Å². The van der Waals surface area contributed by atoms with E-state index in [9.17, 15) is 4.79 Å². The first kappa shape index (κ1) is 15.0. The van der Waals surface area contributed by atoms with Crippen LogP contribution in [0.2, 0.25) is 0 Å². The average Bonchev–Trinajstić information content (AvgIpc) is 3.02. The van der Waals surface area contributed by atoms with Gasteiger partial charge in [0.2, 0.25) is 0 Å². The van der Waals surface area contributed by atoms with Crippen LogP contribution >= 0.6 is 0 Å². The van der Waals surface area contributed by atoms with Crippen LogP contribution < -0.4 is 14.2 Å². The van der Waals surface area contributed by atoms with Gasteiger partial charge in [0.1, 0.15) is 5.75 Å². The fourth-order valence-electron chi connectivity index (χ4n) is 2.53. The van der Waals surface area contributed by atoms with Gasteiger partial charge in [-0.15, -0.1) is 0 Å². The molecule has 0 saturated heterocycles. The van der Waals surface area contributed by atoms with Crippen LogP contribution in [0.15, 0.2) is 42.6 Å². The van der Waals surface area contributed by atoms with Gasteiger partial charge in [0.05, 0.1) is 26.8 Å². The Morgan fingerprint density at radius 2 is 1.57 bits per heavy atom. The third-order valence-corrected chi connectivity index (χ3v) is 3.78. The van der Waals surface area contributed by atoms with E-state index in [4.69, 9.17) is 14.2 Å². The van der Waals surface area contributed by atoms with Crippen LogP contribution in [-0.4, -0.2) is 32.1 Å². The van der Waals surface area contributed by atoms with Gasteiger partial charge in [0, 0.05) is 28.8 Å². The SMILES string of the molecule is COc1ccc(C(=O)c2c[nH]c3cc(OC)c(OC)cc23)cc1. The first-order valence-corrected chi connectivity index (χ1v) is 7.09. The van der Waals surface area contributed by atoms with Crippen molar-refractivity contribution in [1.29, 1.82) is 0 Å². The maximum Gasteiger partial charge on any atom is 0.195 e. The van der Waals surface area contributed by atoms with Gasteiger partial charge in [0.25, 0.3) is 0 Å². The molecular weight excluding hydrogens is 294 g/mol. The fourth-order valence-corrected chi connectivity index (χ4v) is 2.53. The first-order chi connectivity index (χ1) is 11.2. The predicted octanol–water partition coefficient (Wildman–Crippen LogP) is 3.42. The largest absolute Gasteiger partial charge is 0.497 e. The Bertz CT molecular complexity index is 849. The van der Waals surface area contributed by atoms with Gasteiger partial charge in [-0.25, -0.2) is 0 Å². The van der Waals surface area contributed by atoms with Crippen LogP contribution in [-0.2, 0) is 0 Å². The monoisotopic (exact) mass is 311 g/mol. The number of carbonyl (C=O) groups is 1. The number of ether oxygens (including phenoxy) is 3. The number of aromatic nitrogens is 1. The van der Waals surface area contributed by atoms with E-state index < -0.39 is 0 Å². The molecule has 23 heavy (non-hydrogen) atoms. The molecule has 1 aromatic heterocycles. The molecule has 0 unspecified atom stereocenters. The highest BCUT2D eigenvalue weighted by Gasteiger charge is 2.17. The molecule has 0 saturated carbocycles. The normalized spacial score (nSPS) is 10.6. The summed E-state index contributed by atoms with van der Waals surface area (Å²) in [6.07, 6.45) is 1.70. The Hall–Kier alpha value is -2.95. The molecular formula is C18H17NO4. The van der Waals surface area contributed by atoms with Crippen LogP contribution in [0.5, 0.6) is 17.2 Å². The molecule has 0 aliphatic rings. The average molecular weight is 311 g/mol.